The summed E-state index contributed by atoms with van der Waals surface area (Å²) in [5, 5.41) is 12.5. The molecule has 0 heterocycles. The van der Waals surface area contributed by atoms with Gasteiger partial charge >= 0.3 is 18.9 Å². The number of halogens is 4. The fourth-order valence-electron chi connectivity index (χ4n) is 6.65. The van der Waals surface area contributed by atoms with Crippen molar-refractivity contribution in [1.29, 1.82) is 0 Å². The van der Waals surface area contributed by atoms with E-state index in [2.05, 4.69) is 167 Å². The van der Waals surface area contributed by atoms with E-state index in [1.807, 2.05) is 44.2 Å². The van der Waals surface area contributed by atoms with Gasteiger partial charge in [-0.3, -0.25) is 14.4 Å². The van der Waals surface area contributed by atoms with Crippen molar-refractivity contribution in [1.82, 2.24) is 0 Å². The Hall–Kier alpha value is -4.43. The summed E-state index contributed by atoms with van der Waals surface area (Å²) in [7, 11) is 0. The van der Waals surface area contributed by atoms with Crippen molar-refractivity contribution in [3.05, 3.63) is 210 Å². The number of rotatable bonds is 4. The van der Waals surface area contributed by atoms with Crippen LogP contribution in [-0.2, 0) is 9.53 Å². The number of carbonyl (C=O) groups is 3. The van der Waals surface area contributed by atoms with E-state index in [1.54, 1.807) is 36.4 Å². The number of aliphatic carboxylic acids is 1. The maximum Gasteiger partial charge on any atom is 1.00 e. The first-order valence-electron chi connectivity index (χ1n) is 19.3. The SMILES string of the molecule is Brc1ccc2c(-c3ccccc3)c3cc(Br)ccc3c(-c3ccccc3)c2c1.CC(=O)O.CCOCC.O=C1c2ccc(Br)cc2C(=O)c2ccc(Br)cc21.[Li+].[c-]1ccccc1. The van der Waals surface area contributed by atoms with Crippen LogP contribution in [0.2, 0.25) is 0 Å². The zero-order chi connectivity index (χ0) is 43.9. The summed E-state index contributed by atoms with van der Waals surface area (Å²) < 4.78 is 8.60. The Balaban J connectivity index is 0.000000211. The van der Waals surface area contributed by atoms with E-state index in [0.717, 1.165) is 38.0 Å². The minimum Gasteiger partial charge on any atom is -0.481 e. The zero-order valence-electron chi connectivity index (χ0n) is 34.6. The Bertz CT molecular complexity index is 2560. The molecule has 0 radical (unpaired) electrons. The Morgan fingerprint density at radius 3 is 1.15 bits per heavy atom. The second-order valence-corrected chi connectivity index (χ2v) is 16.9. The fourth-order valence-corrected chi connectivity index (χ4v) is 8.09. The van der Waals surface area contributed by atoms with Gasteiger partial charge in [0.15, 0.2) is 11.6 Å². The van der Waals surface area contributed by atoms with Crippen molar-refractivity contribution >= 4 is 103 Å². The van der Waals surface area contributed by atoms with Crippen molar-refractivity contribution in [3.8, 4) is 22.3 Å². The van der Waals surface area contributed by atoms with Gasteiger partial charge in [-0.25, -0.2) is 0 Å². The summed E-state index contributed by atoms with van der Waals surface area (Å²) in [6.07, 6.45) is 0. The summed E-state index contributed by atoms with van der Waals surface area (Å²) in [4.78, 5) is 33.7. The first kappa shape index (κ1) is 50.2. The number of hydrogen-bond donors (Lipinski definition) is 1. The molecule has 0 atom stereocenters. The van der Waals surface area contributed by atoms with E-state index in [-0.39, 0.29) is 30.4 Å². The van der Waals surface area contributed by atoms with Gasteiger partial charge in [-0.05, 0) is 118 Å². The minimum atomic E-state index is -0.833. The first-order chi connectivity index (χ1) is 29.4. The molecule has 62 heavy (non-hydrogen) atoms. The van der Waals surface area contributed by atoms with Crippen molar-refractivity contribution in [2.24, 2.45) is 0 Å². The third-order valence-electron chi connectivity index (χ3n) is 9.12. The maximum atomic E-state index is 12.3. The molecule has 8 aromatic carbocycles. The Morgan fingerprint density at radius 1 is 0.500 bits per heavy atom. The predicted molar refractivity (Wildman–Crippen MR) is 264 cm³/mol. The van der Waals surface area contributed by atoms with E-state index in [9.17, 15) is 9.59 Å². The van der Waals surface area contributed by atoms with Crippen LogP contribution in [0.3, 0.4) is 0 Å². The molecule has 1 aliphatic rings. The summed E-state index contributed by atoms with van der Waals surface area (Å²) in [5.74, 6) is -1.04. The van der Waals surface area contributed by atoms with E-state index in [0.29, 0.717) is 22.3 Å². The smallest absolute Gasteiger partial charge is 0.481 e. The molecule has 1 N–H and O–H groups in total. The quantitative estimate of drug-likeness (QED) is 0.108. The van der Waals surface area contributed by atoms with Gasteiger partial charge in [0.2, 0.25) is 0 Å². The third-order valence-corrected chi connectivity index (χ3v) is 11.1. The van der Waals surface area contributed by atoms with Crippen LogP contribution in [0, 0.1) is 6.07 Å². The summed E-state index contributed by atoms with van der Waals surface area (Å²) in [6.45, 7) is 6.75. The number of hydrogen-bond acceptors (Lipinski definition) is 4. The summed E-state index contributed by atoms with van der Waals surface area (Å²) in [5.41, 5.74) is 6.88. The molecule has 0 saturated carbocycles. The van der Waals surface area contributed by atoms with Crippen molar-refractivity contribution in [3.63, 3.8) is 0 Å². The van der Waals surface area contributed by atoms with Gasteiger partial charge in [-0.2, -0.15) is 36.4 Å². The number of fused-ring (bicyclic) bond motifs is 4. The topological polar surface area (TPSA) is 80.7 Å². The number of benzene rings is 8. The van der Waals surface area contributed by atoms with Crippen LogP contribution >= 0.6 is 63.7 Å². The van der Waals surface area contributed by atoms with Gasteiger partial charge in [0.1, 0.15) is 0 Å². The molecule has 5 nitrogen and oxygen atoms in total. The minimum absolute atomic E-state index is 0. The van der Waals surface area contributed by atoms with Crippen molar-refractivity contribution in [2.75, 3.05) is 13.2 Å². The van der Waals surface area contributed by atoms with E-state index >= 15 is 0 Å². The standard InChI is InChI=1S/C26H16Br2.C14H6Br2O2.C6H5.C4H10O.C2H4O2.Li/c27-19-12-14-22-23(15-19)25(17-7-3-1-4-8-17)21-13-11-20(28)16-24(21)26(22)18-9-5-2-6-10-18;15-7-1-3-9-11(5-7)14(18)10-4-2-8(16)6-12(10)13(9)17;1-2-4-6-5-3-1;1-3-5-4-2;1-2(3)4;/h1-16H;1-6H;1-5H;3-4H2,1-2H3;1H3,(H,3,4);/q;;-1;;;+1. The number of carboxylic acids is 1. The molecule has 0 aromatic heterocycles. The Labute approximate surface area is 408 Å². The van der Waals surface area contributed by atoms with Crippen LogP contribution in [0.5, 0.6) is 0 Å². The second kappa shape index (κ2) is 25.0. The van der Waals surface area contributed by atoms with Crippen LogP contribution in [0.4, 0.5) is 0 Å². The van der Waals surface area contributed by atoms with Gasteiger partial charge in [-0.15, -0.1) is 0 Å². The third kappa shape index (κ3) is 13.3. The molecule has 0 fully saturated rings. The van der Waals surface area contributed by atoms with Crippen molar-refractivity contribution < 1.29 is 43.1 Å². The molecule has 0 amide bonds. The van der Waals surface area contributed by atoms with Crippen LogP contribution in [0.15, 0.2) is 182 Å². The van der Waals surface area contributed by atoms with Gasteiger partial charge < -0.3 is 9.84 Å². The molecular formula is C52H41Br4LiO5. The fraction of sp³-hybridized carbons (Fsp3) is 0.0962. The average Bonchev–Trinajstić information content (AvgIpc) is 3.26. The number of carbonyl (C=O) groups excluding carboxylic acids is 2. The monoisotopic (exact) mass is 1070 g/mol. The molecule has 308 valence electrons. The molecule has 0 saturated heterocycles. The zero-order valence-corrected chi connectivity index (χ0v) is 40.9. The molecule has 8 aromatic rings. The number of ether oxygens (including phenoxy) is 1. The summed E-state index contributed by atoms with van der Waals surface area (Å²) >= 11 is 14.0. The van der Waals surface area contributed by atoms with E-state index in [4.69, 9.17) is 14.6 Å². The van der Waals surface area contributed by atoms with Gasteiger partial charge in [0, 0.05) is 60.3 Å². The summed E-state index contributed by atoms with van der Waals surface area (Å²) in [6, 6.07) is 57.3. The molecule has 0 spiro atoms. The van der Waals surface area contributed by atoms with Crippen LogP contribution in [0.25, 0.3) is 43.8 Å². The first-order valence-corrected chi connectivity index (χ1v) is 22.4. The van der Waals surface area contributed by atoms with Crippen LogP contribution < -0.4 is 18.9 Å². The van der Waals surface area contributed by atoms with E-state index in [1.165, 1.54) is 43.8 Å². The van der Waals surface area contributed by atoms with Crippen LogP contribution in [0.1, 0.15) is 52.6 Å². The molecule has 0 unspecified atom stereocenters. The molecule has 9 rings (SSSR count). The molecule has 0 aliphatic heterocycles. The van der Waals surface area contributed by atoms with Gasteiger partial charge in [0.05, 0.1) is 0 Å². The van der Waals surface area contributed by atoms with Gasteiger partial charge in [0.25, 0.3) is 5.97 Å². The average molecular weight is 1070 g/mol. The number of ketones is 2. The Kier molecular flexibility index (Phi) is 20.3. The van der Waals surface area contributed by atoms with E-state index < -0.39 is 5.97 Å². The molecule has 1 aliphatic carbocycles. The molecule has 10 heteroatoms. The number of carboxylic acid groups (broad SMARTS) is 1. The largest absolute Gasteiger partial charge is 1.00 e. The normalized spacial score (nSPS) is 10.8. The predicted octanol–water partition coefficient (Wildman–Crippen LogP) is 12.5. The molecular weight excluding hydrogens is 1030 g/mol. The second-order valence-electron chi connectivity index (χ2n) is 13.3. The van der Waals surface area contributed by atoms with Gasteiger partial charge in [-0.1, -0.05) is 137 Å². The molecule has 0 bridgehead atoms. The maximum absolute atomic E-state index is 12.3. The van der Waals surface area contributed by atoms with Crippen molar-refractivity contribution in [2.45, 2.75) is 20.8 Å². The van der Waals surface area contributed by atoms with Crippen LogP contribution in [-0.4, -0.2) is 35.9 Å². The Morgan fingerprint density at radius 2 is 0.839 bits per heavy atom.